The predicted molar refractivity (Wildman–Crippen MR) is 91.8 cm³/mol. The molecule has 0 aliphatic heterocycles. The SMILES string of the molecule is Cc1ccc(Nc2nc(NC(C)C)nc(NC(C)C)n2)cc1. The lowest BCUT2D eigenvalue weighted by Crippen LogP contribution is -2.18. The van der Waals surface area contributed by atoms with Gasteiger partial charge in [-0.2, -0.15) is 15.0 Å². The smallest absolute Gasteiger partial charge is 0.233 e. The molecule has 0 saturated carbocycles. The average molecular weight is 300 g/mol. The topological polar surface area (TPSA) is 74.8 Å². The number of hydrogen-bond donors (Lipinski definition) is 3. The molecule has 0 atom stereocenters. The molecule has 1 aromatic heterocycles. The maximum Gasteiger partial charge on any atom is 0.233 e. The quantitative estimate of drug-likeness (QED) is 0.757. The largest absolute Gasteiger partial charge is 0.352 e. The van der Waals surface area contributed by atoms with E-state index in [0.29, 0.717) is 17.8 Å². The average Bonchev–Trinajstić information content (AvgIpc) is 2.39. The molecule has 3 N–H and O–H groups in total. The zero-order chi connectivity index (χ0) is 16.1. The summed E-state index contributed by atoms with van der Waals surface area (Å²) in [6, 6.07) is 8.60. The van der Waals surface area contributed by atoms with E-state index in [9.17, 15) is 0 Å². The fourth-order valence-corrected chi connectivity index (χ4v) is 1.84. The highest BCUT2D eigenvalue weighted by molar-refractivity contribution is 5.56. The standard InChI is InChI=1S/C16H24N6/c1-10(2)17-14-20-15(18-11(3)4)22-16(21-14)19-13-8-6-12(5)7-9-13/h6-11H,1-5H3,(H3,17,18,19,20,21,22). The van der Waals surface area contributed by atoms with Crippen molar-refractivity contribution in [3.05, 3.63) is 29.8 Å². The van der Waals surface area contributed by atoms with E-state index in [-0.39, 0.29) is 12.1 Å². The molecule has 6 nitrogen and oxygen atoms in total. The Morgan fingerprint density at radius 3 is 1.64 bits per heavy atom. The van der Waals surface area contributed by atoms with Gasteiger partial charge in [-0.15, -0.1) is 0 Å². The number of nitrogens with zero attached hydrogens (tertiary/aromatic N) is 3. The second-order valence-corrected chi connectivity index (χ2v) is 5.90. The zero-order valence-electron chi connectivity index (χ0n) is 13.8. The van der Waals surface area contributed by atoms with Gasteiger partial charge in [0.1, 0.15) is 0 Å². The molecule has 118 valence electrons. The molecule has 6 heteroatoms. The molecule has 0 aliphatic rings. The summed E-state index contributed by atoms with van der Waals surface area (Å²) in [5.41, 5.74) is 2.16. The van der Waals surface area contributed by atoms with Gasteiger partial charge < -0.3 is 16.0 Å². The highest BCUT2D eigenvalue weighted by atomic mass is 15.3. The number of hydrogen-bond acceptors (Lipinski definition) is 6. The monoisotopic (exact) mass is 300 g/mol. The summed E-state index contributed by atoms with van der Waals surface area (Å²) in [7, 11) is 0. The van der Waals surface area contributed by atoms with Gasteiger partial charge in [-0.1, -0.05) is 17.7 Å². The van der Waals surface area contributed by atoms with Gasteiger partial charge in [0.05, 0.1) is 0 Å². The Hall–Kier alpha value is -2.37. The van der Waals surface area contributed by atoms with E-state index < -0.39 is 0 Å². The van der Waals surface area contributed by atoms with Crippen molar-refractivity contribution in [1.29, 1.82) is 0 Å². The number of nitrogens with one attached hydrogen (secondary N) is 3. The summed E-state index contributed by atoms with van der Waals surface area (Å²) >= 11 is 0. The second kappa shape index (κ2) is 7.06. The summed E-state index contributed by atoms with van der Waals surface area (Å²) in [6.45, 7) is 10.2. The Bertz CT molecular complexity index is 578. The maximum absolute atomic E-state index is 4.41. The molecular weight excluding hydrogens is 276 g/mol. The second-order valence-electron chi connectivity index (χ2n) is 5.90. The normalized spacial score (nSPS) is 10.9. The van der Waals surface area contributed by atoms with Crippen molar-refractivity contribution in [2.75, 3.05) is 16.0 Å². The molecule has 0 unspecified atom stereocenters. The Kier molecular flexibility index (Phi) is 5.14. The van der Waals surface area contributed by atoms with E-state index >= 15 is 0 Å². The lowest BCUT2D eigenvalue weighted by molar-refractivity contribution is 0.847. The molecule has 0 aliphatic carbocycles. The van der Waals surface area contributed by atoms with Gasteiger partial charge in [-0.05, 0) is 46.8 Å². The summed E-state index contributed by atoms with van der Waals surface area (Å²) in [5.74, 6) is 1.63. The number of anilines is 4. The van der Waals surface area contributed by atoms with E-state index in [1.54, 1.807) is 0 Å². The highest BCUT2D eigenvalue weighted by Crippen LogP contribution is 2.17. The van der Waals surface area contributed by atoms with Crippen LogP contribution in [-0.4, -0.2) is 27.0 Å². The Balaban J connectivity index is 2.25. The van der Waals surface area contributed by atoms with Gasteiger partial charge in [0.15, 0.2) is 0 Å². The van der Waals surface area contributed by atoms with Crippen molar-refractivity contribution in [3.63, 3.8) is 0 Å². The molecule has 0 spiro atoms. The van der Waals surface area contributed by atoms with Gasteiger partial charge in [0, 0.05) is 17.8 Å². The van der Waals surface area contributed by atoms with Crippen molar-refractivity contribution < 1.29 is 0 Å². The molecular formula is C16H24N6. The van der Waals surface area contributed by atoms with Gasteiger partial charge in [-0.25, -0.2) is 0 Å². The summed E-state index contributed by atoms with van der Waals surface area (Å²) in [6.07, 6.45) is 0. The van der Waals surface area contributed by atoms with Crippen LogP contribution in [0.15, 0.2) is 24.3 Å². The minimum Gasteiger partial charge on any atom is -0.352 e. The first-order valence-corrected chi connectivity index (χ1v) is 7.55. The third kappa shape index (κ3) is 4.87. The highest BCUT2D eigenvalue weighted by Gasteiger charge is 2.08. The van der Waals surface area contributed by atoms with Crippen LogP contribution in [0, 0.1) is 6.92 Å². The fraction of sp³-hybridized carbons (Fsp3) is 0.438. The molecule has 0 radical (unpaired) electrons. The van der Waals surface area contributed by atoms with Crippen LogP contribution in [0.2, 0.25) is 0 Å². The molecule has 0 amide bonds. The maximum atomic E-state index is 4.41. The molecule has 1 aromatic carbocycles. The van der Waals surface area contributed by atoms with E-state index in [1.807, 2.05) is 52.0 Å². The number of benzene rings is 1. The third-order valence-electron chi connectivity index (χ3n) is 2.78. The Morgan fingerprint density at radius 2 is 1.18 bits per heavy atom. The van der Waals surface area contributed by atoms with Gasteiger partial charge >= 0.3 is 0 Å². The molecule has 0 bridgehead atoms. The van der Waals surface area contributed by atoms with E-state index in [0.717, 1.165) is 5.69 Å². The summed E-state index contributed by atoms with van der Waals surface area (Å²) in [4.78, 5) is 13.2. The van der Waals surface area contributed by atoms with Gasteiger partial charge in [0.25, 0.3) is 0 Å². The Labute approximate surface area is 131 Å². The predicted octanol–water partition coefficient (Wildman–Crippen LogP) is 3.56. The molecule has 0 fully saturated rings. The lowest BCUT2D eigenvalue weighted by atomic mass is 10.2. The van der Waals surface area contributed by atoms with Crippen LogP contribution in [0.4, 0.5) is 23.5 Å². The first kappa shape index (κ1) is 16.0. The first-order valence-electron chi connectivity index (χ1n) is 7.55. The molecule has 0 saturated heterocycles. The Morgan fingerprint density at radius 1 is 0.727 bits per heavy atom. The van der Waals surface area contributed by atoms with Crippen LogP contribution in [0.5, 0.6) is 0 Å². The van der Waals surface area contributed by atoms with Crippen molar-refractivity contribution in [1.82, 2.24) is 15.0 Å². The molecule has 22 heavy (non-hydrogen) atoms. The van der Waals surface area contributed by atoms with E-state index in [1.165, 1.54) is 5.56 Å². The van der Waals surface area contributed by atoms with Crippen molar-refractivity contribution in [3.8, 4) is 0 Å². The van der Waals surface area contributed by atoms with Crippen molar-refractivity contribution in [2.45, 2.75) is 46.7 Å². The van der Waals surface area contributed by atoms with Crippen LogP contribution >= 0.6 is 0 Å². The van der Waals surface area contributed by atoms with Crippen LogP contribution in [-0.2, 0) is 0 Å². The first-order chi connectivity index (χ1) is 10.4. The molecule has 2 rings (SSSR count). The van der Waals surface area contributed by atoms with Crippen LogP contribution < -0.4 is 16.0 Å². The minimum atomic E-state index is 0.251. The minimum absolute atomic E-state index is 0.251. The summed E-state index contributed by atoms with van der Waals surface area (Å²) in [5, 5.41) is 9.64. The van der Waals surface area contributed by atoms with Gasteiger partial charge in [-0.3, -0.25) is 0 Å². The van der Waals surface area contributed by atoms with E-state index in [4.69, 9.17) is 0 Å². The van der Waals surface area contributed by atoms with Crippen molar-refractivity contribution >= 4 is 23.5 Å². The molecule has 1 heterocycles. The van der Waals surface area contributed by atoms with Crippen LogP contribution in [0.1, 0.15) is 33.3 Å². The van der Waals surface area contributed by atoms with Crippen LogP contribution in [0.25, 0.3) is 0 Å². The number of aromatic nitrogens is 3. The number of rotatable bonds is 6. The fourth-order valence-electron chi connectivity index (χ4n) is 1.84. The van der Waals surface area contributed by atoms with E-state index in [2.05, 4.69) is 37.8 Å². The summed E-state index contributed by atoms with van der Waals surface area (Å²) < 4.78 is 0. The van der Waals surface area contributed by atoms with Gasteiger partial charge in [0.2, 0.25) is 17.8 Å². The number of aryl methyl sites for hydroxylation is 1. The zero-order valence-corrected chi connectivity index (χ0v) is 13.8. The van der Waals surface area contributed by atoms with Crippen molar-refractivity contribution in [2.24, 2.45) is 0 Å². The molecule has 2 aromatic rings. The third-order valence-corrected chi connectivity index (χ3v) is 2.78. The van der Waals surface area contributed by atoms with Crippen LogP contribution in [0.3, 0.4) is 0 Å². The lowest BCUT2D eigenvalue weighted by Gasteiger charge is -2.14.